The van der Waals surface area contributed by atoms with Gasteiger partial charge in [0.15, 0.2) is 0 Å². The van der Waals surface area contributed by atoms with Crippen molar-refractivity contribution in [3.63, 3.8) is 0 Å². The van der Waals surface area contributed by atoms with Gasteiger partial charge in [-0.2, -0.15) is 0 Å². The van der Waals surface area contributed by atoms with Crippen molar-refractivity contribution in [1.82, 2.24) is 5.32 Å². The topological polar surface area (TPSA) is 64.6 Å². The molecule has 0 unspecified atom stereocenters. The maximum absolute atomic E-state index is 10.7. The van der Waals surface area contributed by atoms with Crippen molar-refractivity contribution in [2.24, 2.45) is 0 Å². The number of amides is 1. The molecule has 5 heteroatoms. The number of nitrogens with one attached hydrogen (secondary N) is 1. The summed E-state index contributed by atoms with van der Waals surface area (Å²) < 4.78 is 8.90. The molecule has 0 spiro atoms. The highest BCUT2D eigenvalue weighted by Crippen LogP contribution is 1.91. The fourth-order valence-corrected chi connectivity index (χ4v) is 0.467. The van der Waals surface area contributed by atoms with Crippen LogP contribution in [-0.2, 0) is 14.3 Å². The molecule has 0 radical (unpaired) electrons. The lowest BCUT2D eigenvalue weighted by atomic mass is 10.3. The lowest BCUT2D eigenvalue weighted by Crippen LogP contribution is -2.21. The van der Waals surface area contributed by atoms with Gasteiger partial charge in [0.05, 0.1) is 6.42 Å². The van der Waals surface area contributed by atoms with Crippen LogP contribution in [0.4, 0.5) is 4.79 Å². The molecule has 72 valence electrons. The summed E-state index contributed by atoms with van der Waals surface area (Å²) in [7, 11) is 1.41. The zero-order valence-corrected chi connectivity index (χ0v) is 7.33. The molecule has 0 bridgehead atoms. The van der Waals surface area contributed by atoms with Crippen molar-refractivity contribution < 1.29 is 19.1 Å². The van der Waals surface area contributed by atoms with Gasteiger partial charge in [-0.15, -0.1) is 12.3 Å². The van der Waals surface area contributed by atoms with Crippen LogP contribution >= 0.6 is 0 Å². The first kappa shape index (κ1) is 11.3. The number of hydrogen-bond donors (Lipinski definition) is 1. The summed E-state index contributed by atoms with van der Waals surface area (Å²) in [5.74, 6) is 1.80. The highest BCUT2D eigenvalue weighted by molar-refractivity contribution is 5.70. The molecule has 0 aliphatic rings. The van der Waals surface area contributed by atoms with Gasteiger partial charge in [0.25, 0.3) is 0 Å². The van der Waals surface area contributed by atoms with Gasteiger partial charge < -0.3 is 14.8 Å². The first-order valence-corrected chi connectivity index (χ1v) is 3.64. The summed E-state index contributed by atoms with van der Waals surface area (Å²) in [5, 5.41) is 2.20. The van der Waals surface area contributed by atoms with Crippen molar-refractivity contribution >= 4 is 12.1 Å². The molecule has 0 fully saturated rings. The fourth-order valence-electron chi connectivity index (χ4n) is 0.467. The lowest BCUT2D eigenvalue weighted by Gasteiger charge is -2.04. The monoisotopic (exact) mass is 185 g/mol. The molecule has 0 rings (SSSR count). The minimum Gasteiger partial charge on any atom is -0.428 e. The smallest absolute Gasteiger partial charge is 0.409 e. The van der Waals surface area contributed by atoms with E-state index >= 15 is 0 Å². The van der Waals surface area contributed by atoms with Crippen LogP contribution in [-0.4, -0.2) is 25.9 Å². The van der Waals surface area contributed by atoms with Crippen LogP contribution in [0.2, 0.25) is 0 Å². The zero-order valence-electron chi connectivity index (χ0n) is 7.33. The minimum absolute atomic E-state index is 0.133. The number of ether oxygens (including phenoxy) is 2. The number of esters is 1. The average Bonchev–Trinajstić information content (AvgIpc) is 2.14. The molecule has 0 aliphatic heterocycles. The highest BCUT2D eigenvalue weighted by atomic mass is 16.7. The van der Waals surface area contributed by atoms with Crippen molar-refractivity contribution in [2.75, 3.05) is 13.8 Å². The van der Waals surface area contributed by atoms with E-state index in [-0.39, 0.29) is 13.2 Å². The molecule has 1 N–H and O–H groups in total. The van der Waals surface area contributed by atoms with Gasteiger partial charge in [0, 0.05) is 13.5 Å². The summed E-state index contributed by atoms with van der Waals surface area (Å²) in [6.07, 6.45) is 4.72. The Morgan fingerprint density at radius 3 is 2.69 bits per heavy atom. The van der Waals surface area contributed by atoms with E-state index in [9.17, 15) is 9.59 Å². The first-order valence-electron chi connectivity index (χ1n) is 3.64. The van der Waals surface area contributed by atoms with E-state index in [1.807, 2.05) is 0 Å². The van der Waals surface area contributed by atoms with Crippen LogP contribution in [0, 0.1) is 12.3 Å². The van der Waals surface area contributed by atoms with Crippen molar-refractivity contribution in [2.45, 2.75) is 12.8 Å². The van der Waals surface area contributed by atoms with Crippen LogP contribution in [0.1, 0.15) is 12.8 Å². The average molecular weight is 185 g/mol. The maximum Gasteiger partial charge on any atom is 0.409 e. The summed E-state index contributed by atoms with van der Waals surface area (Å²) in [4.78, 5) is 21.2. The Morgan fingerprint density at radius 1 is 1.46 bits per heavy atom. The zero-order chi connectivity index (χ0) is 10.1. The van der Waals surface area contributed by atoms with Crippen LogP contribution in [0.5, 0.6) is 0 Å². The third-order valence-electron chi connectivity index (χ3n) is 1.09. The molecule has 13 heavy (non-hydrogen) atoms. The molecule has 0 saturated heterocycles. The largest absolute Gasteiger partial charge is 0.428 e. The van der Waals surface area contributed by atoms with Crippen molar-refractivity contribution in [1.29, 1.82) is 0 Å². The third-order valence-corrected chi connectivity index (χ3v) is 1.09. The Balaban J connectivity index is 3.38. The second-order valence-corrected chi connectivity index (χ2v) is 2.02. The molecule has 0 aliphatic carbocycles. The van der Waals surface area contributed by atoms with E-state index in [1.54, 1.807) is 0 Å². The van der Waals surface area contributed by atoms with Gasteiger partial charge >= 0.3 is 12.1 Å². The van der Waals surface area contributed by atoms with Crippen molar-refractivity contribution in [3.05, 3.63) is 0 Å². The van der Waals surface area contributed by atoms with Crippen LogP contribution in [0.25, 0.3) is 0 Å². The van der Waals surface area contributed by atoms with E-state index < -0.39 is 12.1 Å². The van der Waals surface area contributed by atoms with E-state index in [4.69, 9.17) is 6.42 Å². The molecule has 0 aromatic heterocycles. The third kappa shape index (κ3) is 6.69. The van der Waals surface area contributed by atoms with E-state index in [1.165, 1.54) is 7.05 Å². The molecule has 1 amide bonds. The Morgan fingerprint density at radius 2 is 2.15 bits per heavy atom. The predicted molar refractivity (Wildman–Crippen MR) is 44.6 cm³/mol. The Hall–Kier alpha value is -1.70. The predicted octanol–water partition coefficient (Wildman–Crippen LogP) is 0.257. The second kappa shape index (κ2) is 6.98. The minimum atomic E-state index is -0.648. The van der Waals surface area contributed by atoms with E-state index in [2.05, 4.69) is 20.7 Å². The molecule has 0 atom stereocenters. The first-order chi connectivity index (χ1) is 6.20. The van der Waals surface area contributed by atoms with Gasteiger partial charge in [-0.05, 0) is 0 Å². The summed E-state index contributed by atoms with van der Waals surface area (Å²) in [5.41, 5.74) is 0. The van der Waals surface area contributed by atoms with Crippen LogP contribution < -0.4 is 5.32 Å². The number of rotatable bonds is 4. The van der Waals surface area contributed by atoms with Crippen LogP contribution in [0.15, 0.2) is 0 Å². The molecule has 5 nitrogen and oxygen atoms in total. The molecular weight excluding hydrogens is 174 g/mol. The van der Waals surface area contributed by atoms with Gasteiger partial charge in [-0.25, -0.2) is 4.79 Å². The van der Waals surface area contributed by atoms with Gasteiger partial charge in [-0.3, -0.25) is 4.79 Å². The van der Waals surface area contributed by atoms with Gasteiger partial charge in [0.2, 0.25) is 6.79 Å². The number of carbonyl (C=O) groups excluding carboxylic acids is 2. The fraction of sp³-hybridized carbons (Fsp3) is 0.500. The summed E-state index contributed by atoms with van der Waals surface area (Å²) in [6.45, 7) is -0.386. The van der Waals surface area contributed by atoms with Gasteiger partial charge in [-0.1, -0.05) is 0 Å². The standard InChI is InChI=1S/C8H11NO4/c1-3-4-5-7(10)12-6-13-8(11)9-2/h1H,4-6H2,2H3,(H,9,11). The SMILES string of the molecule is C#CCCC(=O)OCOC(=O)NC. The molecular formula is C8H11NO4. The molecule has 0 aromatic rings. The number of carbonyl (C=O) groups is 2. The normalized spacial score (nSPS) is 8.31. The Bertz CT molecular complexity index is 219. The lowest BCUT2D eigenvalue weighted by molar-refractivity contribution is -0.151. The van der Waals surface area contributed by atoms with Gasteiger partial charge in [0.1, 0.15) is 0 Å². The molecule has 0 saturated carbocycles. The Kier molecular flexibility index (Phi) is 6.06. The quantitative estimate of drug-likeness (QED) is 0.387. The van der Waals surface area contributed by atoms with E-state index in [0.717, 1.165) is 0 Å². The van der Waals surface area contributed by atoms with Crippen LogP contribution in [0.3, 0.4) is 0 Å². The highest BCUT2D eigenvalue weighted by Gasteiger charge is 2.02. The second-order valence-electron chi connectivity index (χ2n) is 2.02. The number of hydrogen-bond acceptors (Lipinski definition) is 4. The van der Waals surface area contributed by atoms with E-state index in [0.29, 0.717) is 6.42 Å². The molecule has 0 aromatic carbocycles. The number of terminal acetylenes is 1. The molecule has 0 heterocycles. The number of alkyl carbamates (subject to hydrolysis) is 1. The maximum atomic E-state index is 10.7. The van der Waals surface area contributed by atoms with Crippen molar-refractivity contribution in [3.8, 4) is 12.3 Å². The summed E-state index contributed by atoms with van der Waals surface area (Å²) in [6, 6.07) is 0. The Labute approximate surface area is 76.4 Å². The summed E-state index contributed by atoms with van der Waals surface area (Å²) >= 11 is 0.